The Morgan fingerprint density at radius 1 is 1.33 bits per heavy atom. The number of hydrogen-bond acceptors (Lipinski definition) is 2. The van der Waals surface area contributed by atoms with Gasteiger partial charge in [-0.15, -0.1) is 0 Å². The second-order valence-corrected chi connectivity index (χ2v) is 4.06. The largest absolute Gasteiger partial charge is 0.481 e. The number of carbonyl (C=O) groups is 2. The molecule has 0 bridgehead atoms. The summed E-state index contributed by atoms with van der Waals surface area (Å²) in [6.07, 6.45) is -4.39. The number of aliphatic carboxylic acids is 1. The molecule has 2 amide bonds. The number of halogens is 3. The van der Waals surface area contributed by atoms with Crippen molar-refractivity contribution < 1.29 is 27.9 Å². The van der Waals surface area contributed by atoms with Gasteiger partial charge in [0.05, 0.1) is 0 Å². The van der Waals surface area contributed by atoms with E-state index in [2.05, 4.69) is 0 Å². The zero-order valence-electron chi connectivity index (χ0n) is 10.3. The summed E-state index contributed by atoms with van der Waals surface area (Å²) in [6.45, 7) is 2.00. The van der Waals surface area contributed by atoms with Gasteiger partial charge in [0.15, 0.2) is 0 Å². The third-order valence-electron chi connectivity index (χ3n) is 2.11. The van der Waals surface area contributed by atoms with Crippen molar-refractivity contribution in [3.05, 3.63) is 0 Å². The number of carboxylic acid groups (broad SMARTS) is 1. The van der Waals surface area contributed by atoms with Crippen LogP contribution in [0.5, 0.6) is 0 Å². The molecule has 0 heterocycles. The number of alkyl halides is 3. The molecule has 2 N–H and O–H groups in total. The highest BCUT2D eigenvalue weighted by Gasteiger charge is 2.29. The first-order chi connectivity index (χ1) is 8.13. The van der Waals surface area contributed by atoms with Crippen molar-refractivity contribution in [2.24, 2.45) is 0 Å². The zero-order chi connectivity index (χ0) is 14.3. The summed E-state index contributed by atoms with van der Waals surface area (Å²) in [5.74, 6) is -1.01. The smallest absolute Gasteiger partial charge is 0.405 e. The number of nitrogens with one attached hydrogen (secondary N) is 1. The van der Waals surface area contributed by atoms with Gasteiger partial charge in [-0.1, -0.05) is 0 Å². The van der Waals surface area contributed by atoms with Gasteiger partial charge in [0.2, 0.25) is 0 Å². The fourth-order valence-corrected chi connectivity index (χ4v) is 1.27. The van der Waals surface area contributed by atoms with Crippen LogP contribution in [0, 0.1) is 0 Å². The topological polar surface area (TPSA) is 69.6 Å². The van der Waals surface area contributed by atoms with Crippen LogP contribution in [0.4, 0.5) is 18.0 Å². The van der Waals surface area contributed by atoms with Gasteiger partial charge in [-0.3, -0.25) is 4.79 Å². The number of rotatable bonds is 6. The van der Waals surface area contributed by atoms with Crippen molar-refractivity contribution in [2.45, 2.75) is 38.9 Å². The Bertz CT molecular complexity index is 293. The van der Waals surface area contributed by atoms with E-state index in [9.17, 15) is 22.8 Å². The predicted octanol–water partition coefficient (Wildman–Crippen LogP) is 1.83. The molecule has 0 radical (unpaired) electrons. The molecule has 5 nitrogen and oxygen atoms in total. The summed E-state index contributed by atoms with van der Waals surface area (Å²) >= 11 is 0. The van der Waals surface area contributed by atoms with Gasteiger partial charge in [0.1, 0.15) is 6.54 Å². The molecule has 0 spiro atoms. The molecular weight excluding hydrogens is 253 g/mol. The van der Waals surface area contributed by atoms with Crippen molar-refractivity contribution in [1.82, 2.24) is 10.2 Å². The standard InChI is InChI=1S/C10H17F3N2O3/c1-7(2)15(5-3-4-8(16)17)9(18)14-6-10(11,12)13/h7H,3-6H2,1-2H3,(H,14,18)(H,16,17). The van der Waals surface area contributed by atoms with Crippen LogP contribution < -0.4 is 5.32 Å². The first-order valence-electron chi connectivity index (χ1n) is 5.46. The Hall–Kier alpha value is -1.47. The molecule has 0 aliphatic rings. The van der Waals surface area contributed by atoms with Crippen LogP contribution in [-0.4, -0.2) is 47.3 Å². The van der Waals surface area contributed by atoms with E-state index in [-0.39, 0.29) is 25.4 Å². The number of urea groups is 1. The lowest BCUT2D eigenvalue weighted by Gasteiger charge is -2.27. The molecule has 8 heteroatoms. The minimum Gasteiger partial charge on any atom is -0.481 e. The Kier molecular flexibility index (Phi) is 6.50. The SMILES string of the molecule is CC(C)N(CCCC(=O)O)C(=O)NCC(F)(F)F. The predicted molar refractivity (Wildman–Crippen MR) is 58.2 cm³/mol. The van der Waals surface area contributed by atoms with Gasteiger partial charge < -0.3 is 15.3 Å². The Balaban J connectivity index is 4.24. The van der Waals surface area contributed by atoms with Crippen LogP contribution in [-0.2, 0) is 4.79 Å². The first kappa shape index (κ1) is 16.5. The lowest BCUT2D eigenvalue weighted by atomic mass is 10.2. The third-order valence-corrected chi connectivity index (χ3v) is 2.11. The van der Waals surface area contributed by atoms with Crippen LogP contribution in [0.3, 0.4) is 0 Å². The molecule has 106 valence electrons. The normalized spacial score (nSPS) is 11.4. The summed E-state index contributed by atoms with van der Waals surface area (Å²) in [7, 11) is 0. The Morgan fingerprint density at radius 3 is 2.28 bits per heavy atom. The van der Waals surface area contributed by atoms with E-state index in [0.29, 0.717) is 0 Å². The zero-order valence-corrected chi connectivity index (χ0v) is 10.3. The molecule has 0 aromatic carbocycles. The molecule has 0 fully saturated rings. The van der Waals surface area contributed by atoms with Crippen molar-refractivity contribution in [3.8, 4) is 0 Å². The van der Waals surface area contributed by atoms with E-state index in [4.69, 9.17) is 5.11 Å². The number of hydrogen-bond donors (Lipinski definition) is 2. The number of carboxylic acids is 1. The van der Waals surface area contributed by atoms with Crippen LogP contribution in [0.25, 0.3) is 0 Å². The fraction of sp³-hybridized carbons (Fsp3) is 0.800. The maximum atomic E-state index is 11.9. The van der Waals surface area contributed by atoms with Gasteiger partial charge in [-0.25, -0.2) is 4.79 Å². The molecule has 0 saturated carbocycles. The van der Waals surface area contributed by atoms with Crippen LogP contribution in [0.1, 0.15) is 26.7 Å². The number of amides is 2. The van der Waals surface area contributed by atoms with E-state index in [1.165, 1.54) is 4.90 Å². The molecular formula is C10H17F3N2O3. The number of carbonyl (C=O) groups excluding carboxylic acids is 1. The summed E-state index contributed by atoms with van der Waals surface area (Å²) in [4.78, 5) is 23.0. The van der Waals surface area contributed by atoms with E-state index < -0.39 is 24.7 Å². The van der Waals surface area contributed by atoms with Crippen molar-refractivity contribution >= 4 is 12.0 Å². The molecule has 0 aromatic rings. The summed E-state index contributed by atoms with van der Waals surface area (Å²) in [5.41, 5.74) is 0. The minimum absolute atomic E-state index is 0.105. The molecule has 0 saturated heterocycles. The summed E-state index contributed by atoms with van der Waals surface area (Å²) in [5, 5.41) is 10.2. The molecule has 0 aliphatic heterocycles. The van der Waals surface area contributed by atoms with E-state index in [1.807, 2.05) is 0 Å². The molecule has 18 heavy (non-hydrogen) atoms. The van der Waals surface area contributed by atoms with Crippen LogP contribution >= 0.6 is 0 Å². The lowest BCUT2D eigenvalue weighted by Crippen LogP contribution is -2.47. The molecule has 0 aromatic heterocycles. The van der Waals surface area contributed by atoms with Crippen LogP contribution in [0.2, 0.25) is 0 Å². The molecule has 0 unspecified atom stereocenters. The average Bonchev–Trinajstić information content (AvgIpc) is 2.19. The molecule has 0 rings (SSSR count). The minimum atomic E-state index is -4.46. The maximum Gasteiger partial charge on any atom is 0.405 e. The average molecular weight is 270 g/mol. The van der Waals surface area contributed by atoms with E-state index in [1.54, 1.807) is 19.2 Å². The fourth-order valence-electron chi connectivity index (χ4n) is 1.27. The Morgan fingerprint density at radius 2 is 1.89 bits per heavy atom. The highest BCUT2D eigenvalue weighted by atomic mass is 19.4. The van der Waals surface area contributed by atoms with Crippen molar-refractivity contribution in [1.29, 1.82) is 0 Å². The third kappa shape index (κ3) is 7.75. The molecule has 0 atom stereocenters. The van der Waals surface area contributed by atoms with Gasteiger partial charge in [-0.05, 0) is 20.3 Å². The van der Waals surface area contributed by atoms with Gasteiger partial charge >= 0.3 is 18.2 Å². The highest BCUT2D eigenvalue weighted by molar-refractivity contribution is 5.74. The van der Waals surface area contributed by atoms with E-state index in [0.717, 1.165) is 0 Å². The van der Waals surface area contributed by atoms with Gasteiger partial charge in [0, 0.05) is 19.0 Å². The second kappa shape index (κ2) is 7.07. The highest BCUT2D eigenvalue weighted by Crippen LogP contribution is 2.12. The number of nitrogens with zero attached hydrogens (tertiary/aromatic N) is 1. The summed E-state index contributed by atoms with van der Waals surface area (Å²) in [6, 6.07) is -1.14. The quantitative estimate of drug-likeness (QED) is 0.773. The van der Waals surface area contributed by atoms with Gasteiger partial charge in [0.25, 0.3) is 0 Å². The van der Waals surface area contributed by atoms with Gasteiger partial charge in [-0.2, -0.15) is 13.2 Å². The van der Waals surface area contributed by atoms with Crippen molar-refractivity contribution in [3.63, 3.8) is 0 Å². The lowest BCUT2D eigenvalue weighted by molar-refractivity contribution is -0.137. The molecule has 0 aliphatic carbocycles. The second-order valence-electron chi connectivity index (χ2n) is 4.06. The van der Waals surface area contributed by atoms with Crippen LogP contribution in [0.15, 0.2) is 0 Å². The van der Waals surface area contributed by atoms with E-state index >= 15 is 0 Å². The summed E-state index contributed by atoms with van der Waals surface area (Å²) < 4.78 is 35.8. The van der Waals surface area contributed by atoms with Crippen molar-refractivity contribution in [2.75, 3.05) is 13.1 Å². The Labute approximate surface area is 103 Å². The first-order valence-corrected chi connectivity index (χ1v) is 5.46. The maximum absolute atomic E-state index is 11.9. The monoisotopic (exact) mass is 270 g/mol.